The van der Waals surface area contributed by atoms with E-state index in [-0.39, 0.29) is 23.7 Å². The number of hydroxylamine groups is 2. The summed E-state index contributed by atoms with van der Waals surface area (Å²) >= 11 is 0. The van der Waals surface area contributed by atoms with E-state index in [1.807, 2.05) is 4.90 Å². The SMILES string of the molecule is O=C1CCC(=O)N1O.O=S(=O)(O)CCN1CCOCC1. The van der Waals surface area contributed by atoms with E-state index >= 15 is 0 Å². The molecule has 2 saturated heterocycles. The zero-order valence-corrected chi connectivity index (χ0v) is 11.7. The van der Waals surface area contributed by atoms with Crippen molar-refractivity contribution < 1.29 is 32.5 Å². The standard InChI is InChI=1S/C6H13NO4S.C4H5NO3/c8-12(9,10)6-3-7-1-4-11-5-2-7;6-3-1-2-4(7)5(3)8/h1-6H2,(H,8,9,10);8H,1-2H2. The maximum absolute atomic E-state index is 10.4. The number of carbonyl (C=O) groups excluding carboxylic acids is 2. The maximum Gasteiger partial charge on any atom is 0.266 e. The van der Waals surface area contributed by atoms with Crippen LogP contribution in [-0.4, -0.2) is 78.6 Å². The van der Waals surface area contributed by atoms with Crippen LogP contribution in [0.4, 0.5) is 0 Å². The van der Waals surface area contributed by atoms with Crippen molar-refractivity contribution in [3.8, 4) is 0 Å². The Morgan fingerprint density at radius 3 is 1.95 bits per heavy atom. The minimum Gasteiger partial charge on any atom is -0.379 e. The quantitative estimate of drug-likeness (QED) is 0.375. The average molecular weight is 310 g/mol. The Morgan fingerprint density at radius 2 is 1.60 bits per heavy atom. The minimum absolute atomic E-state index is 0.148. The lowest BCUT2D eigenvalue weighted by atomic mass is 10.4. The van der Waals surface area contributed by atoms with Crippen molar-refractivity contribution in [3.63, 3.8) is 0 Å². The fourth-order valence-electron chi connectivity index (χ4n) is 1.63. The summed E-state index contributed by atoms with van der Waals surface area (Å²) < 4.78 is 34.3. The maximum atomic E-state index is 10.4. The Labute approximate surface area is 116 Å². The molecule has 2 heterocycles. The second kappa shape index (κ2) is 7.64. The molecule has 2 aliphatic rings. The van der Waals surface area contributed by atoms with Crippen molar-refractivity contribution in [2.24, 2.45) is 0 Å². The van der Waals surface area contributed by atoms with Crippen LogP contribution in [-0.2, 0) is 24.4 Å². The van der Waals surface area contributed by atoms with Gasteiger partial charge in [-0.05, 0) is 0 Å². The van der Waals surface area contributed by atoms with E-state index in [2.05, 4.69) is 0 Å². The number of amides is 2. The average Bonchev–Trinajstić information content (AvgIpc) is 2.69. The summed E-state index contributed by atoms with van der Waals surface area (Å²) in [5.41, 5.74) is 0. The first kappa shape index (κ1) is 17.0. The van der Waals surface area contributed by atoms with Crippen LogP contribution in [0.15, 0.2) is 0 Å². The number of rotatable bonds is 3. The summed E-state index contributed by atoms with van der Waals surface area (Å²) in [6.07, 6.45) is 0.296. The van der Waals surface area contributed by atoms with Crippen molar-refractivity contribution in [1.82, 2.24) is 9.96 Å². The van der Waals surface area contributed by atoms with Gasteiger partial charge in [-0.15, -0.1) is 0 Å². The van der Waals surface area contributed by atoms with Gasteiger partial charge in [0.1, 0.15) is 0 Å². The fourth-order valence-corrected chi connectivity index (χ4v) is 2.12. The lowest BCUT2D eigenvalue weighted by Gasteiger charge is -2.25. The molecular weight excluding hydrogens is 292 g/mol. The Balaban J connectivity index is 0.000000217. The molecule has 0 bridgehead atoms. The highest BCUT2D eigenvalue weighted by molar-refractivity contribution is 7.85. The molecule has 2 fully saturated rings. The Bertz CT molecular complexity index is 429. The van der Waals surface area contributed by atoms with E-state index in [1.165, 1.54) is 0 Å². The van der Waals surface area contributed by atoms with E-state index in [1.54, 1.807) is 0 Å². The van der Waals surface area contributed by atoms with E-state index in [0.29, 0.717) is 19.8 Å². The fraction of sp³-hybridized carbons (Fsp3) is 0.800. The van der Waals surface area contributed by atoms with Crippen molar-refractivity contribution in [3.05, 3.63) is 0 Å². The zero-order valence-electron chi connectivity index (χ0n) is 10.9. The number of morpholine rings is 1. The van der Waals surface area contributed by atoms with E-state index < -0.39 is 21.9 Å². The Kier molecular flexibility index (Phi) is 6.49. The third-order valence-electron chi connectivity index (χ3n) is 2.79. The number of hydrogen-bond acceptors (Lipinski definition) is 7. The molecule has 0 aromatic heterocycles. The van der Waals surface area contributed by atoms with Gasteiger partial charge in [-0.3, -0.25) is 24.2 Å². The first-order valence-electron chi connectivity index (χ1n) is 6.09. The second-order valence-electron chi connectivity index (χ2n) is 4.34. The lowest BCUT2D eigenvalue weighted by molar-refractivity contribution is -0.171. The van der Waals surface area contributed by atoms with Crippen molar-refractivity contribution in [1.29, 1.82) is 0 Å². The van der Waals surface area contributed by atoms with Crippen LogP contribution in [0.2, 0.25) is 0 Å². The molecular formula is C10H18N2O7S. The number of imide groups is 1. The Morgan fingerprint density at radius 1 is 1.10 bits per heavy atom. The highest BCUT2D eigenvalue weighted by Gasteiger charge is 2.26. The van der Waals surface area contributed by atoms with E-state index in [0.717, 1.165) is 13.1 Å². The first-order valence-corrected chi connectivity index (χ1v) is 7.70. The molecule has 9 nitrogen and oxygen atoms in total. The third-order valence-corrected chi connectivity index (χ3v) is 3.49. The topological polar surface area (TPSA) is 124 Å². The van der Waals surface area contributed by atoms with Gasteiger partial charge in [0.25, 0.3) is 21.9 Å². The molecule has 0 atom stereocenters. The predicted molar refractivity (Wildman–Crippen MR) is 66.5 cm³/mol. The molecule has 0 aromatic carbocycles. The first-order chi connectivity index (χ1) is 9.29. The summed E-state index contributed by atoms with van der Waals surface area (Å²) in [6.45, 7) is 3.17. The molecule has 116 valence electrons. The summed E-state index contributed by atoms with van der Waals surface area (Å²) in [7, 11) is -3.81. The van der Waals surface area contributed by atoms with Crippen LogP contribution in [0.1, 0.15) is 12.8 Å². The highest BCUT2D eigenvalue weighted by Crippen LogP contribution is 2.07. The number of hydrogen-bond donors (Lipinski definition) is 2. The van der Waals surface area contributed by atoms with Gasteiger partial charge in [0.2, 0.25) is 0 Å². The van der Waals surface area contributed by atoms with Crippen LogP contribution in [0.3, 0.4) is 0 Å². The molecule has 0 radical (unpaired) electrons. The molecule has 0 unspecified atom stereocenters. The molecule has 10 heteroatoms. The molecule has 0 aliphatic carbocycles. The van der Waals surface area contributed by atoms with Gasteiger partial charge < -0.3 is 4.74 Å². The van der Waals surface area contributed by atoms with Gasteiger partial charge in [-0.25, -0.2) is 0 Å². The van der Waals surface area contributed by atoms with Crippen LogP contribution in [0.25, 0.3) is 0 Å². The van der Waals surface area contributed by atoms with Gasteiger partial charge in [0.15, 0.2) is 0 Å². The monoisotopic (exact) mass is 310 g/mol. The molecule has 0 aromatic rings. The third kappa shape index (κ3) is 6.39. The van der Waals surface area contributed by atoms with Crippen LogP contribution in [0.5, 0.6) is 0 Å². The second-order valence-corrected chi connectivity index (χ2v) is 5.91. The molecule has 2 N–H and O–H groups in total. The van der Waals surface area contributed by atoms with Gasteiger partial charge in [0, 0.05) is 32.5 Å². The highest BCUT2D eigenvalue weighted by atomic mass is 32.2. The molecule has 20 heavy (non-hydrogen) atoms. The summed E-state index contributed by atoms with van der Waals surface area (Å²) in [4.78, 5) is 22.4. The summed E-state index contributed by atoms with van der Waals surface area (Å²) in [6, 6.07) is 0. The lowest BCUT2D eigenvalue weighted by Crippen LogP contribution is -2.38. The van der Waals surface area contributed by atoms with Gasteiger partial charge in [-0.1, -0.05) is 0 Å². The normalized spacial score (nSPS) is 20.8. The smallest absolute Gasteiger partial charge is 0.266 e. The van der Waals surface area contributed by atoms with Gasteiger partial charge in [0.05, 0.1) is 19.0 Å². The van der Waals surface area contributed by atoms with E-state index in [4.69, 9.17) is 14.5 Å². The summed E-state index contributed by atoms with van der Waals surface area (Å²) in [5, 5.41) is 8.57. The van der Waals surface area contributed by atoms with E-state index in [9.17, 15) is 18.0 Å². The van der Waals surface area contributed by atoms with Gasteiger partial charge >= 0.3 is 0 Å². The molecule has 0 saturated carbocycles. The van der Waals surface area contributed by atoms with Crippen LogP contribution < -0.4 is 0 Å². The summed E-state index contributed by atoms with van der Waals surface area (Å²) in [5.74, 6) is -1.20. The van der Waals surface area contributed by atoms with Crippen molar-refractivity contribution >= 4 is 21.9 Å². The van der Waals surface area contributed by atoms with Crippen LogP contribution >= 0.6 is 0 Å². The molecule has 2 amide bonds. The minimum atomic E-state index is -3.81. The predicted octanol–water partition coefficient (Wildman–Crippen LogP) is -1.27. The largest absolute Gasteiger partial charge is 0.379 e. The molecule has 0 spiro atoms. The molecule has 2 rings (SSSR count). The number of ether oxygens (including phenoxy) is 1. The molecule has 2 aliphatic heterocycles. The van der Waals surface area contributed by atoms with Crippen molar-refractivity contribution in [2.45, 2.75) is 12.8 Å². The van der Waals surface area contributed by atoms with Crippen LogP contribution in [0, 0.1) is 0 Å². The number of nitrogens with zero attached hydrogens (tertiary/aromatic N) is 2. The number of carbonyl (C=O) groups is 2. The van der Waals surface area contributed by atoms with Gasteiger partial charge in [-0.2, -0.15) is 13.5 Å². The van der Waals surface area contributed by atoms with Crippen molar-refractivity contribution in [2.75, 3.05) is 38.6 Å². The zero-order chi connectivity index (χ0) is 15.2. The Hall–Kier alpha value is -1.07.